The van der Waals surface area contributed by atoms with Crippen LogP contribution < -0.4 is 5.32 Å². The summed E-state index contributed by atoms with van der Waals surface area (Å²) in [6, 6.07) is 8.76. The molecule has 2 rings (SSSR count). The minimum absolute atomic E-state index is 0.0273. The van der Waals surface area contributed by atoms with Gasteiger partial charge in [-0.3, -0.25) is 9.59 Å². The fraction of sp³-hybridized carbons (Fsp3) is 0.385. The molecule has 1 atom stereocenters. The SMILES string of the molecule is O=C(NCC(=O)N1CCC(O)C1)c1ccccc1. The number of aliphatic hydroxyl groups excluding tert-OH is 1. The third kappa shape index (κ3) is 3.07. The molecule has 18 heavy (non-hydrogen) atoms. The molecule has 1 aliphatic heterocycles. The van der Waals surface area contributed by atoms with Crippen molar-refractivity contribution in [1.82, 2.24) is 10.2 Å². The Morgan fingerprint density at radius 1 is 1.33 bits per heavy atom. The summed E-state index contributed by atoms with van der Waals surface area (Å²) >= 11 is 0. The smallest absolute Gasteiger partial charge is 0.251 e. The lowest BCUT2D eigenvalue weighted by Crippen LogP contribution is -2.39. The topological polar surface area (TPSA) is 69.6 Å². The minimum atomic E-state index is -0.432. The standard InChI is InChI=1S/C13H16N2O3/c16-11-6-7-15(9-11)12(17)8-14-13(18)10-4-2-1-3-5-10/h1-5,11,16H,6-9H2,(H,14,18). The van der Waals surface area contributed by atoms with Gasteiger partial charge in [0, 0.05) is 18.7 Å². The molecule has 5 nitrogen and oxygen atoms in total. The van der Waals surface area contributed by atoms with Crippen molar-refractivity contribution in [2.45, 2.75) is 12.5 Å². The highest BCUT2D eigenvalue weighted by Gasteiger charge is 2.24. The second-order valence-electron chi connectivity index (χ2n) is 4.33. The summed E-state index contributed by atoms with van der Waals surface area (Å²) in [6.45, 7) is 0.891. The predicted molar refractivity (Wildman–Crippen MR) is 66.0 cm³/mol. The summed E-state index contributed by atoms with van der Waals surface area (Å²) in [7, 11) is 0. The molecule has 1 aliphatic rings. The Morgan fingerprint density at radius 2 is 2.06 bits per heavy atom. The molecular weight excluding hydrogens is 232 g/mol. The number of benzene rings is 1. The van der Waals surface area contributed by atoms with Crippen LogP contribution in [0.25, 0.3) is 0 Å². The van der Waals surface area contributed by atoms with Gasteiger partial charge in [0.05, 0.1) is 12.6 Å². The van der Waals surface area contributed by atoms with Crippen LogP contribution >= 0.6 is 0 Å². The van der Waals surface area contributed by atoms with E-state index in [9.17, 15) is 14.7 Å². The van der Waals surface area contributed by atoms with Crippen molar-refractivity contribution >= 4 is 11.8 Å². The highest BCUT2D eigenvalue weighted by molar-refractivity contribution is 5.96. The molecule has 5 heteroatoms. The minimum Gasteiger partial charge on any atom is -0.391 e. The van der Waals surface area contributed by atoms with Gasteiger partial charge in [0.15, 0.2) is 0 Å². The third-order valence-corrected chi connectivity index (χ3v) is 2.95. The molecule has 2 N–H and O–H groups in total. The number of hydrogen-bond acceptors (Lipinski definition) is 3. The van der Waals surface area contributed by atoms with Gasteiger partial charge in [-0.25, -0.2) is 0 Å². The number of carbonyl (C=O) groups is 2. The van der Waals surface area contributed by atoms with Gasteiger partial charge < -0.3 is 15.3 Å². The van der Waals surface area contributed by atoms with E-state index in [2.05, 4.69) is 5.32 Å². The Hall–Kier alpha value is -1.88. The van der Waals surface area contributed by atoms with Crippen LogP contribution in [0.1, 0.15) is 16.8 Å². The number of rotatable bonds is 3. The Morgan fingerprint density at radius 3 is 2.67 bits per heavy atom. The zero-order valence-electron chi connectivity index (χ0n) is 10.0. The molecule has 0 radical (unpaired) electrons. The lowest BCUT2D eigenvalue weighted by molar-refractivity contribution is -0.129. The van der Waals surface area contributed by atoms with Crippen LogP contribution in [0.2, 0.25) is 0 Å². The molecule has 0 saturated carbocycles. The van der Waals surface area contributed by atoms with E-state index < -0.39 is 6.10 Å². The highest BCUT2D eigenvalue weighted by atomic mass is 16.3. The number of nitrogens with zero attached hydrogens (tertiary/aromatic N) is 1. The molecule has 1 saturated heterocycles. The van der Waals surface area contributed by atoms with Crippen LogP contribution in [0.4, 0.5) is 0 Å². The van der Waals surface area contributed by atoms with Crippen LogP contribution in [-0.4, -0.2) is 47.6 Å². The molecule has 0 aromatic heterocycles. The average Bonchev–Trinajstić information content (AvgIpc) is 2.83. The van der Waals surface area contributed by atoms with E-state index in [4.69, 9.17) is 0 Å². The first-order chi connectivity index (χ1) is 8.66. The fourth-order valence-electron chi connectivity index (χ4n) is 1.93. The summed E-state index contributed by atoms with van der Waals surface area (Å²) in [6.07, 6.45) is 0.178. The van der Waals surface area contributed by atoms with Crippen molar-refractivity contribution in [2.24, 2.45) is 0 Å². The second-order valence-corrected chi connectivity index (χ2v) is 4.33. The van der Waals surface area contributed by atoms with Crippen molar-refractivity contribution in [1.29, 1.82) is 0 Å². The quantitative estimate of drug-likeness (QED) is 0.791. The molecule has 1 fully saturated rings. The van der Waals surface area contributed by atoms with Crippen LogP contribution in [-0.2, 0) is 4.79 Å². The van der Waals surface area contributed by atoms with Crippen molar-refractivity contribution in [2.75, 3.05) is 19.6 Å². The monoisotopic (exact) mass is 248 g/mol. The van der Waals surface area contributed by atoms with Gasteiger partial charge in [-0.1, -0.05) is 18.2 Å². The first-order valence-electron chi connectivity index (χ1n) is 5.96. The number of carbonyl (C=O) groups excluding carboxylic acids is 2. The van der Waals surface area contributed by atoms with Gasteiger partial charge in [0.2, 0.25) is 5.91 Å². The maximum absolute atomic E-state index is 11.7. The lowest BCUT2D eigenvalue weighted by Gasteiger charge is -2.15. The van der Waals surface area contributed by atoms with Gasteiger partial charge in [-0.15, -0.1) is 0 Å². The largest absolute Gasteiger partial charge is 0.391 e. The van der Waals surface area contributed by atoms with E-state index in [1.165, 1.54) is 0 Å². The van der Waals surface area contributed by atoms with Crippen molar-refractivity contribution < 1.29 is 14.7 Å². The number of amides is 2. The van der Waals surface area contributed by atoms with Crippen LogP contribution in [0.15, 0.2) is 30.3 Å². The van der Waals surface area contributed by atoms with Gasteiger partial charge in [0.1, 0.15) is 0 Å². The normalized spacial score (nSPS) is 18.7. The summed E-state index contributed by atoms with van der Waals surface area (Å²) in [4.78, 5) is 25.0. The van der Waals surface area contributed by atoms with Crippen molar-refractivity contribution in [3.05, 3.63) is 35.9 Å². The Labute approximate surface area is 105 Å². The molecule has 1 heterocycles. The van der Waals surface area contributed by atoms with E-state index in [1.807, 2.05) is 6.07 Å². The van der Waals surface area contributed by atoms with Gasteiger partial charge in [-0.05, 0) is 18.6 Å². The first-order valence-corrected chi connectivity index (χ1v) is 5.96. The maximum atomic E-state index is 11.7. The van der Waals surface area contributed by atoms with E-state index in [0.717, 1.165) is 0 Å². The number of aliphatic hydroxyl groups is 1. The van der Waals surface area contributed by atoms with Crippen LogP contribution in [0.3, 0.4) is 0 Å². The zero-order chi connectivity index (χ0) is 13.0. The van der Waals surface area contributed by atoms with E-state index in [-0.39, 0.29) is 18.4 Å². The van der Waals surface area contributed by atoms with E-state index >= 15 is 0 Å². The molecule has 1 aromatic rings. The maximum Gasteiger partial charge on any atom is 0.251 e. The number of β-amino-alcohol motifs (C(OH)–C–C–N with tert-alkyl or cyclic N) is 1. The molecule has 1 aromatic carbocycles. The van der Waals surface area contributed by atoms with Crippen molar-refractivity contribution in [3.63, 3.8) is 0 Å². The number of hydrogen-bond donors (Lipinski definition) is 2. The predicted octanol–water partition coefficient (Wildman–Crippen LogP) is 0.00960. The van der Waals surface area contributed by atoms with Crippen LogP contribution in [0.5, 0.6) is 0 Å². The number of nitrogens with one attached hydrogen (secondary N) is 1. The first kappa shape index (κ1) is 12.6. The summed E-state index contributed by atoms with van der Waals surface area (Å²) in [5.41, 5.74) is 0.534. The highest BCUT2D eigenvalue weighted by Crippen LogP contribution is 2.08. The Kier molecular flexibility index (Phi) is 3.94. The van der Waals surface area contributed by atoms with Gasteiger partial charge in [0.25, 0.3) is 5.91 Å². The molecule has 1 unspecified atom stereocenters. The third-order valence-electron chi connectivity index (χ3n) is 2.95. The van der Waals surface area contributed by atoms with Gasteiger partial charge >= 0.3 is 0 Å². The lowest BCUT2D eigenvalue weighted by atomic mass is 10.2. The molecular formula is C13H16N2O3. The van der Waals surface area contributed by atoms with Crippen molar-refractivity contribution in [3.8, 4) is 0 Å². The Bertz CT molecular complexity index is 433. The summed E-state index contributed by atoms with van der Waals surface area (Å²) < 4.78 is 0. The van der Waals surface area contributed by atoms with Gasteiger partial charge in [-0.2, -0.15) is 0 Å². The molecule has 0 spiro atoms. The summed E-state index contributed by atoms with van der Waals surface area (Å²) in [5.74, 6) is -0.417. The van der Waals surface area contributed by atoms with E-state index in [1.54, 1.807) is 29.2 Å². The number of likely N-dealkylation sites (tertiary alicyclic amines) is 1. The second kappa shape index (κ2) is 5.64. The fourth-order valence-corrected chi connectivity index (χ4v) is 1.93. The zero-order valence-corrected chi connectivity index (χ0v) is 10.0. The molecule has 0 aliphatic carbocycles. The summed E-state index contributed by atoms with van der Waals surface area (Å²) in [5, 5.41) is 11.9. The molecule has 0 bridgehead atoms. The van der Waals surface area contributed by atoms with E-state index in [0.29, 0.717) is 25.1 Å². The molecule has 96 valence electrons. The average molecular weight is 248 g/mol. The Balaban J connectivity index is 1.81. The van der Waals surface area contributed by atoms with Crippen LogP contribution in [0, 0.1) is 0 Å². The molecule has 2 amide bonds.